The molecule has 0 radical (unpaired) electrons. The summed E-state index contributed by atoms with van der Waals surface area (Å²) in [6.45, 7) is 2.27. The molecule has 0 N–H and O–H groups in total. The smallest absolute Gasteiger partial charge is 0.160 e. The lowest BCUT2D eigenvalue weighted by Crippen LogP contribution is -2.17. The number of hydrogen-bond acceptors (Lipinski definition) is 4. The van der Waals surface area contributed by atoms with Crippen LogP contribution in [0.15, 0.2) is 219 Å². The van der Waals surface area contributed by atoms with Crippen LogP contribution in [0.1, 0.15) is 30.0 Å². The molecule has 0 fully saturated rings. The Bertz CT molecular complexity index is 3940. The van der Waals surface area contributed by atoms with Gasteiger partial charge in [-0.2, -0.15) is 0 Å². The standard InChI is InChI=1S/C59H39N3O2/c1-36-23-30-49(60-59(39-26-24-38(25-27-39)37-13-3-2-4-14-37)61-57(36)42-28-32-55-48(34-42)45-19-9-11-21-53(45)63-55)56-51(31-29-46-44-18-8-12-22-54(44)64-58(46)56)62-50-20-10-7-17-43(50)47-33-40-15-5-6-16-41(40)35-52(47)62/h2-22,24-36H,23H2,1H3/b49-30+,60-59?,61-57?. The molecule has 5 nitrogen and oxygen atoms in total. The molecule has 302 valence electrons. The molecular weight excluding hydrogens is 783 g/mol. The van der Waals surface area contributed by atoms with E-state index in [-0.39, 0.29) is 5.92 Å². The highest BCUT2D eigenvalue weighted by atomic mass is 16.3. The zero-order chi connectivity index (χ0) is 42.3. The summed E-state index contributed by atoms with van der Waals surface area (Å²) in [5, 5.41) is 9.08. The van der Waals surface area contributed by atoms with E-state index in [0.717, 1.165) is 99.8 Å². The van der Waals surface area contributed by atoms with Gasteiger partial charge in [0.15, 0.2) is 5.84 Å². The average molecular weight is 822 g/mol. The monoisotopic (exact) mass is 821 g/mol. The average Bonchev–Trinajstić information content (AvgIpc) is 4.02. The van der Waals surface area contributed by atoms with E-state index < -0.39 is 0 Å². The van der Waals surface area contributed by atoms with Crippen LogP contribution in [-0.2, 0) is 0 Å². The SMILES string of the molecule is CC1C/C=C(\c2c(-n3c4ccccc4c4cc5ccccc5cc43)ccc3c2oc2ccccc23)N=C(c2ccc(-c3ccccc3)cc2)N=C1c1ccc2oc3ccccc3c2c1. The summed E-state index contributed by atoms with van der Waals surface area (Å²) in [5.41, 5.74) is 13.6. The molecule has 1 aliphatic heterocycles. The van der Waals surface area contributed by atoms with Gasteiger partial charge >= 0.3 is 0 Å². The quantitative estimate of drug-likeness (QED) is 0.174. The Morgan fingerprint density at radius 3 is 1.89 bits per heavy atom. The number of furan rings is 2. The molecule has 1 unspecified atom stereocenters. The van der Waals surface area contributed by atoms with E-state index in [2.05, 4.69) is 193 Å². The lowest BCUT2D eigenvalue weighted by molar-refractivity contribution is 0.667. The van der Waals surface area contributed by atoms with Gasteiger partial charge in [-0.3, -0.25) is 0 Å². The van der Waals surface area contributed by atoms with E-state index in [0.29, 0.717) is 12.3 Å². The summed E-state index contributed by atoms with van der Waals surface area (Å²) in [6.07, 6.45) is 3.01. The fraction of sp³-hybridized carbons (Fsp3) is 0.0508. The maximum absolute atomic E-state index is 6.97. The summed E-state index contributed by atoms with van der Waals surface area (Å²) < 4.78 is 15.6. The van der Waals surface area contributed by atoms with E-state index in [4.69, 9.17) is 18.8 Å². The zero-order valence-corrected chi connectivity index (χ0v) is 35.0. The second kappa shape index (κ2) is 14.4. The van der Waals surface area contributed by atoms with Gasteiger partial charge in [0.05, 0.1) is 33.7 Å². The van der Waals surface area contributed by atoms with Gasteiger partial charge in [-0.1, -0.05) is 146 Å². The highest BCUT2D eigenvalue weighted by Crippen LogP contribution is 2.43. The van der Waals surface area contributed by atoms with Crippen molar-refractivity contribution >= 4 is 93.7 Å². The maximum atomic E-state index is 6.97. The topological polar surface area (TPSA) is 55.9 Å². The van der Waals surface area contributed by atoms with E-state index in [9.17, 15) is 0 Å². The van der Waals surface area contributed by atoms with Gasteiger partial charge in [-0.15, -0.1) is 0 Å². The van der Waals surface area contributed by atoms with Crippen LogP contribution in [0.2, 0.25) is 0 Å². The van der Waals surface area contributed by atoms with Gasteiger partial charge in [0.25, 0.3) is 0 Å². The largest absolute Gasteiger partial charge is 0.456 e. The third-order valence-corrected chi connectivity index (χ3v) is 13.1. The van der Waals surface area contributed by atoms with E-state index >= 15 is 0 Å². The second-order valence-corrected chi connectivity index (χ2v) is 16.9. The fourth-order valence-corrected chi connectivity index (χ4v) is 9.90. The molecule has 0 saturated carbocycles. The Balaban J connectivity index is 1.08. The van der Waals surface area contributed by atoms with Crippen LogP contribution >= 0.6 is 0 Å². The predicted octanol–water partition coefficient (Wildman–Crippen LogP) is 15.7. The Hall–Kier alpha value is -8.28. The van der Waals surface area contributed by atoms with Gasteiger partial charge in [0.2, 0.25) is 0 Å². The fourth-order valence-electron chi connectivity index (χ4n) is 9.90. The minimum absolute atomic E-state index is 0.0395. The van der Waals surface area contributed by atoms with Gasteiger partial charge in [-0.25, -0.2) is 9.98 Å². The first-order valence-corrected chi connectivity index (χ1v) is 21.9. The number of benzene rings is 9. The Labute approximate surface area is 368 Å². The second-order valence-electron chi connectivity index (χ2n) is 16.9. The first-order valence-electron chi connectivity index (χ1n) is 21.9. The molecule has 0 aliphatic carbocycles. The Kier molecular flexibility index (Phi) is 8.19. The Morgan fingerprint density at radius 2 is 1.08 bits per heavy atom. The van der Waals surface area contributed by atoms with Gasteiger partial charge in [-0.05, 0) is 94.5 Å². The van der Waals surface area contributed by atoms with Crippen molar-refractivity contribution in [3.63, 3.8) is 0 Å². The zero-order valence-electron chi connectivity index (χ0n) is 35.0. The van der Waals surface area contributed by atoms with Crippen molar-refractivity contribution in [3.8, 4) is 16.8 Å². The first-order chi connectivity index (χ1) is 31.6. The minimum atomic E-state index is 0.0395. The van der Waals surface area contributed by atoms with Gasteiger partial charge in [0, 0.05) is 43.8 Å². The summed E-state index contributed by atoms with van der Waals surface area (Å²) in [4.78, 5) is 11.3. The molecule has 3 aromatic heterocycles. The summed E-state index contributed by atoms with van der Waals surface area (Å²) in [7, 11) is 0. The molecule has 0 spiro atoms. The number of amidine groups is 1. The molecule has 9 aromatic carbocycles. The van der Waals surface area contributed by atoms with Crippen molar-refractivity contribution in [2.24, 2.45) is 15.9 Å². The van der Waals surface area contributed by atoms with Crippen LogP contribution < -0.4 is 0 Å². The van der Waals surface area contributed by atoms with Crippen molar-refractivity contribution in [2.45, 2.75) is 13.3 Å². The number of allylic oxidation sites excluding steroid dienone is 1. The van der Waals surface area contributed by atoms with Crippen molar-refractivity contribution < 1.29 is 8.83 Å². The van der Waals surface area contributed by atoms with Gasteiger partial charge < -0.3 is 13.4 Å². The summed E-state index contributed by atoms with van der Waals surface area (Å²) >= 11 is 0. The maximum Gasteiger partial charge on any atom is 0.160 e. The molecule has 5 heteroatoms. The highest BCUT2D eigenvalue weighted by molar-refractivity contribution is 6.19. The van der Waals surface area contributed by atoms with E-state index in [1.165, 1.54) is 21.5 Å². The number of aliphatic imine (C=N–C) groups is 2. The Morgan fingerprint density at radius 1 is 0.453 bits per heavy atom. The molecule has 12 aromatic rings. The molecule has 0 bridgehead atoms. The molecule has 1 atom stereocenters. The van der Waals surface area contributed by atoms with Crippen molar-refractivity contribution in [1.29, 1.82) is 0 Å². The molecule has 4 heterocycles. The van der Waals surface area contributed by atoms with Crippen LogP contribution in [0, 0.1) is 5.92 Å². The van der Waals surface area contributed by atoms with Crippen LogP contribution in [0.25, 0.3) is 99.0 Å². The number of rotatable bonds is 5. The normalized spacial score (nSPS) is 15.5. The summed E-state index contributed by atoms with van der Waals surface area (Å²) in [6, 6.07) is 68.6. The van der Waals surface area contributed by atoms with Crippen molar-refractivity contribution in [2.75, 3.05) is 0 Å². The lowest BCUT2D eigenvalue weighted by atomic mass is 9.92. The van der Waals surface area contributed by atoms with E-state index in [1.54, 1.807) is 0 Å². The van der Waals surface area contributed by atoms with Crippen LogP contribution in [0.4, 0.5) is 0 Å². The van der Waals surface area contributed by atoms with Crippen molar-refractivity contribution in [3.05, 3.63) is 217 Å². The highest BCUT2D eigenvalue weighted by Gasteiger charge is 2.26. The summed E-state index contributed by atoms with van der Waals surface area (Å²) in [5.74, 6) is 0.675. The number of nitrogens with zero attached hydrogens (tertiary/aromatic N) is 3. The van der Waals surface area contributed by atoms with Crippen LogP contribution in [0.3, 0.4) is 0 Å². The molecule has 1 aliphatic rings. The number of fused-ring (bicyclic) bond motifs is 10. The number of aromatic nitrogens is 1. The minimum Gasteiger partial charge on any atom is -0.456 e. The third-order valence-electron chi connectivity index (χ3n) is 13.1. The van der Waals surface area contributed by atoms with Crippen molar-refractivity contribution in [1.82, 2.24) is 4.57 Å². The van der Waals surface area contributed by atoms with Gasteiger partial charge in [0.1, 0.15) is 22.3 Å². The predicted molar refractivity (Wildman–Crippen MR) is 266 cm³/mol. The van der Waals surface area contributed by atoms with Crippen LogP contribution in [-0.4, -0.2) is 16.1 Å². The molecule has 0 amide bonds. The number of hydrogen-bond donors (Lipinski definition) is 0. The lowest BCUT2D eigenvalue weighted by Gasteiger charge is -2.20. The first kappa shape index (κ1) is 36.4. The molecule has 64 heavy (non-hydrogen) atoms. The molecule has 0 saturated heterocycles. The van der Waals surface area contributed by atoms with E-state index in [1.807, 2.05) is 18.2 Å². The molecule has 13 rings (SSSR count). The molecular formula is C59H39N3O2. The number of para-hydroxylation sites is 3. The van der Waals surface area contributed by atoms with Crippen LogP contribution in [0.5, 0.6) is 0 Å². The third kappa shape index (κ3) is 5.78.